The molecule has 0 aliphatic heterocycles. The molecule has 90 valence electrons. The number of aliphatic hydroxyl groups is 1. The number of aromatic nitrogens is 3. The third kappa shape index (κ3) is 6.32. The van der Waals surface area contributed by atoms with Gasteiger partial charge in [0.05, 0.1) is 0 Å². The Labute approximate surface area is 111 Å². The summed E-state index contributed by atoms with van der Waals surface area (Å²) in [6.07, 6.45) is 0.727. The van der Waals surface area contributed by atoms with Gasteiger partial charge in [0.1, 0.15) is 0 Å². The number of nitrogens with one attached hydrogen (secondary N) is 1. The van der Waals surface area contributed by atoms with E-state index in [-0.39, 0.29) is 11.9 Å². The molecule has 9 heteroatoms. The van der Waals surface area contributed by atoms with Crippen molar-refractivity contribution in [2.75, 3.05) is 17.6 Å². The Kier molecular flexibility index (Phi) is 6.05. The van der Waals surface area contributed by atoms with E-state index in [2.05, 4.69) is 20.3 Å². The third-order valence-corrected chi connectivity index (χ3v) is 7.72. The van der Waals surface area contributed by atoms with Gasteiger partial charge < -0.3 is 0 Å². The number of hydrogen-bond acceptors (Lipinski definition) is 8. The van der Waals surface area contributed by atoms with Crippen molar-refractivity contribution in [2.24, 2.45) is 0 Å². The molecule has 17 heavy (non-hydrogen) atoms. The molecule has 1 rings (SSSR count). The van der Waals surface area contributed by atoms with Crippen LogP contribution in [0.2, 0.25) is 3.93 Å². The van der Waals surface area contributed by atoms with Crippen molar-refractivity contribution in [1.29, 1.82) is 0 Å². The molecule has 0 saturated carbocycles. The normalized spacial score (nSPS) is 11.4. The predicted octanol–water partition coefficient (Wildman–Crippen LogP) is -0.795. The Morgan fingerprint density at radius 3 is 3.12 bits per heavy atom. The third-order valence-electron chi connectivity index (χ3n) is 1.84. The van der Waals surface area contributed by atoms with Gasteiger partial charge in [-0.3, -0.25) is 0 Å². The molecular formula is C8H13HgN5O3. The summed E-state index contributed by atoms with van der Waals surface area (Å²) in [6, 6.07) is 0. The zero-order valence-electron chi connectivity index (χ0n) is 9.46. The Morgan fingerprint density at radius 1 is 1.71 bits per heavy atom. The Hall–Kier alpha value is -1.02. The molecule has 0 radical (unpaired) electrons. The molecule has 1 unspecified atom stereocenters. The van der Waals surface area contributed by atoms with E-state index in [4.69, 9.17) is 8.38 Å². The van der Waals surface area contributed by atoms with Crippen LogP contribution < -0.4 is 11.1 Å². The number of hydrogen-bond donors (Lipinski definition) is 3. The molecule has 1 heterocycles. The zero-order valence-corrected chi connectivity index (χ0v) is 15.0. The quantitative estimate of drug-likeness (QED) is 0.504. The molecule has 0 aliphatic carbocycles. The Bertz CT molecular complexity index is 378. The fourth-order valence-electron chi connectivity index (χ4n) is 1.04. The number of aliphatic hydroxyl groups excluding tert-OH is 1. The van der Waals surface area contributed by atoms with Crippen LogP contribution in [-0.2, 0) is 32.5 Å². The summed E-state index contributed by atoms with van der Waals surface area (Å²) in [5.41, 5.74) is 5.37. The van der Waals surface area contributed by atoms with Crippen LogP contribution >= 0.6 is 0 Å². The van der Waals surface area contributed by atoms with Gasteiger partial charge in [-0.1, -0.05) is 0 Å². The molecule has 0 aromatic carbocycles. The van der Waals surface area contributed by atoms with Gasteiger partial charge in [-0.2, -0.15) is 0 Å². The van der Waals surface area contributed by atoms with Crippen molar-refractivity contribution >= 4 is 17.9 Å². The molecule has 0 bridgehead atoms. The van der Waals surface area contributed by atoms with Crippen LogP contribution in [0.5, 0.6) is 0 Å². The molecule has 1 aromatic rings. The number of nitrogens with zero attached hydrogens (tertiary/aromatic N) is 3. The standard InChI is InChI=1S/C6H10N5O.C2H4O2.Hg/c1-4(12)2-8-6-10-3-9-5(7)11-6;1-2(3)4;/h3-4,12H,1-2H2,(H3,7,8,9,10,11);1H3,(H,3,4);/q;;+1/p-1. The van der Waals surface area contributed by atoms with E-state index in [0.29, 0.717) is 16.4 Å². The Morgan fingerprint density at radius 2 is 2.47 bits per heavy atom. The van der Waals surface area contributed by atoms with Crippen molar-refractivity contribution in [2.45, 2.75) is 17.0 Å². The summed E-state index contributed by atoms with van der Waals surface area (Å²) in [5, 5.41) is 12.4. The summed E-state index contributed by atoms with van der Waals surface area (Å²) in [6.45, 7) is 1.67. The van der Waals surface area contributed by atoms with Gasteiger partial charge in [0.2, 0.25) is 0 Å². The zero-order chi connectivity index (χ0) is 12.7. The van der Waals surface area contributed by atoms with Gasteiger partial charge in [-0.05, 0) is 0 Å². The molecule has 0 spiro atoms. The second-order valence-corrected chi connectivity index (χ2v) is 8.28. The summed E-state index contributed by atoms with van der Waals surface area (Å²) in [4.78, 5) is 21.8. The number of nitrogen functional groups attached to an aromatic ring is 1. The SMILES string of the molecule is CC(=O)[O][Hg][CH2]C(O)CNc1ncnc(N)n1. The maximum atomic E-state index is 10.5. The van der Waals surface area contributed by atoms with Crippen molar-refractivity contribution in [3.8, 4) is 0 Å². The maximum absolute atomic E-state index is 10.5. The minimum atomic E-state index is -1.72. The molecule has 8 nitrogen and oxygen atoms in total. The van der Waals surface area contributed by atoms with Gasteiger partial charge in [0.25, 0.3) is 0 Å². The fraction of sp³-hybridized carbons (Fsp3) is 0.500. The van der Waals surface area contributed by atoms with Crippen molar-refractivity contribution in [1.82, 2.24) is 15.0 Å². The molecule has 0 amide bonds. The van der Waals surface area contributed by atoms with Gasteiger partial charge >= 0.3 is 111 Å². The topological polar surface area (TPSA) is 123 Å². The van der Waals surface area contributed by atoms with Gasteiger partial charge in [0.15, 0.2) is 0 Å². The summed E-state index contributed by atoms with van der Waals surface area (Å²) in [5.74, 6) is 0.176. The minimum absolute atomic E-state index is 0.122. The van der Waals surface area contributed by atoms with Crippen LogP contribution in [0.15, 0.2) is 6.33 Å². The summed E-state index contributed by atoms with van der Waals surface area (Å²) < 4.78 is 5.48. The van der Waals surface area contributed by atoms with E-state index in [1.165, 1.54) is 13.3 Å². The van der Waals surface area contributed by atoms with Crippen LogP contribution in [-0.4, -0.2) is 38.7 Å². The first-order valence-corrected chi connectivity index (χ1v) is 11.2. The molecule has 4 N–H and O–H groups in total. The first kappa shape index (κ1) is 14.0. The van der Waals surface area contributed by atoms with Crippen LogP contribution in [0.4, 0.5) is 11.9 Å². The number of carbonyl (C=O) groups excluding carboxylic acids is 1. The average Bonchev–Trinajstić information content (AvgIpc) is 2.26. The predicted molar refractivity (Wildman–Crippen MR) is 55.3 cm³/mol. The summed E-state index contributed by atoms with van der Waals surface area (Å²) >= 11 is -1.72. The molecule has 0 saturated heterocycles. The van der Waals surface area contributed by atoms with E-state index < -0.39 is 31.1 Å². The van der Waals surface area contributed by atoms with E-state index >= 15 is 0 Å². The van der Waals surface area contributed by atoms with Gasteiger partial charge in [0, 0.05) is 0 Å². The first-order chi connectivity index (χ1) is 8.08. The van der Waals surface area contributed by atoms with E-state index in [1.54, 1.807) is 0 Å². The number of anilines is 2. The second kappa shape index (κ2) is 7.33. The Balaban J connectivity index is 2.23. The van der Waals surface area contributed by atoms with Crippen molar-refractivity contribution in [3.05, 3.63) is 6.33 Å². The van der Waals surface area contributed by atoms with E-state index in [1.807, 2.05) is 0 Å². The van der Waals surface area contributed by atoms with Crippen LogP contribution in [0.3, 0.4) is 0 Å². The molecule has 0 fully saturated rings. The second-order valence-electron chi connectivity index (χ2n) is 3.33. The molecular weight excluding hydrogens is 415 g/mol. The molecule has 1 atom stereocenters. The van der Waals surface area contributed by atoms with Gasteiger partial charge in [-0.15, -0.1) is 0 Å². The monoisotopic (exact) mass is 429 g/mol. The number of carbonyl (C=O) groups is 1. The van der Waals surface area contributed by atoms with E-state index in [9.17, 15) is 9.90 Å². The average molecular weight is 428 g/mol. The van der Waals surface area contributed by atoms with Crippen molar-refractivity contribution < 1.29 is 37.6 Å². The molecule has 1 aromatic heterocycles. The fourth-order valence-corrected chi connectivity index (χ4v) is 4.47. The number of rotatable bonds is 6. The van der Waals surface area contributed by atoms with Gasteiger partial charge in [-0.25, -0.2) is 0 Å². The first-order valence-electron chi connectivity index (χ1n) is 5.07. The number of nitrogens with two attached hydrogens (primary N) is 1. The van der Waals surface area contributed by atoms with Crippen molar-refractivity contribution in [3.63, 3.8) is 0 Å². The van der Waals surface area contributed by atoms with Crippen LogP contribution in [0, 0.1) is 0 Å². The van der Waals surface area contributed by atoms with Crippen LogP contribution in [0.1, 0.15) is 6.92 Å². The molecule has 0 aliphatic rings. The summed E-state index contributed by atoms with van der Waals surface area (Å²) in [7, 11) is 0. The van der Waals surface area contributed by atoms with Crippen LogP contribution in [0.25, 0.3) is 0 Å². The van der Waals surface area contributed by atoms with E-state index in [0.717, 1.165) is 0 Å².